The van der Waals surface area contributed by atoms with Crippen molar-refractivity contribution < 1.29 is 4.79 Å². The molecule has 0 spiro atoms. The first kappa shape index (κ1) is 21.4. The van der Waals surface area contributed by atoms with Crippen LogP contribution in [0, 0.1) is 5.41 Å². The Labute approximate surface area is 172 Å². The summed E-state index contributed by atoms with van der Waals surface area (Å²) >= 11 is 0. The topological polar surface area (TPSA) is 23.6 Å². The molecule has 0 aromatic heterocycles. The van der Waals surface area contributed by atoms with Crippen LogP contribution in [-0.2, 0) is 10.2 Å². The molecule has 2 saturated heterocycles. The van der Waals surface area contributed by atoms with Crippen LogP contribution in [0.25, 0.3) is 0 Å². The lowest BCUT2D eigenvalue weighted by Gasteiger charge is -2.43. The number of piperidine rings is 2. The molecule has 3 nitrogen and oxygen atoms in total. The van der Waals surface area contributed by atoms with E-state index in [0.29, 0.717) is 17.9 Å². The second-order valence-electron chi connectivity index (χ2n) is 11.0. The van der Waals surface area contributed by atoms with Gasteiger partial charge in [0.1, 0.15) is 0 Å². The Kier molecular flexibility index (Phi) is 6.24. The third-order valence-corrected chi connectivity index (χ3v) is 6.69. The molecule has 0 bridgehead atoms. The molecule has 3 heteroatoms. The molecule has 3 rings (SSSR count). The quantitative estimate of drug-likeness (QED) is 0.699. The van der Waals surface area contributed by atoms with E-state index in [1.54, 1.807) is 0 Å². The molecule has 2 aliphatic rings. The van der Waals surface area contributed by atoms with Crippen LogP contribution in [0.2, 0.25) is 0 Å². The molecule has 0 aliphatic carbocycles. The van der Waals surface area contributed by atoms with Gasteiger partial charge in [0.15, 0.2) is 0 Å². The van der Waals surface area contributed by atoms with Crippen molar-refractivity contribution in [2.24, 2.45) is 5.41 Å². The van der Waals surface area contributed by atoms with Gasteiger partial charge in [-0.25, -0.2) is 0 Å². The number of nitrogens with zero attached hydrogens (tertiary/aromatic N) is 2. The smallest absolute Gasteiger partial charge is 0.227 e. The van der Waals surface area contributed by atoms with Gasteiger partial charge >= 0.3 is 0 Å². The lowest BCUT2D eigenvalue weighted by atomic mass is 9.83. The average Bonchev–Trinajstić information content (AvgIpc) is 2.66. The first-order valence-electron chi connectivity index (χ1n) is 11.2. The minimum atomic E-state index is -0.256. The third-order valence-electron chi connectivity index (χ3n) is 6.69. The van der Waals surface area contributed by atoms with Crippen molar-refractivity contribution in [1.82, 2.24) is 9.80 Å². The molecule has 1 aromatic rings. The van der Waals surface area contributed by atoms with Crippen molar-refractivity contribution in [3.05, 3.63) is 35.4 Å². The summed E-state index contributed by atoms with van der Waals surface area (Å²) < 4.78 is 0. The molecule has 1 amide bonds. The van der Waals surface area contributed by atoms with Crippen molar-refractivity contribution >= 4 is 5.91 Å². The number of likely N-dealkylation sites (tertiary alicyclic amines) is 2. The minimum absolute atomic E-state index is 0.227. The van der Waals surface area contributed by atoms with Gasteiger partial charge in [-0.1, -0.05) is 65.8 Å². The lowest BCUT2D eigenvalue weighted by Crippen LogP contribution is -2.50. The standard InChI is InChI=1S/C25H40N2O/c1-24(2,3)21-9-7-19(8-10-21)20-11-15-26(16-12-20)22-13-17-27(18-14-22)23(28)25(4,5)6/h7-10,20,22H,11-18H2,1-6H3. The van der Waals surface area contributed by atoms with E-state index in [4.69, 9.17) is 0 Å². The van der Waals surface area contributed by atoms with Crippen LogP contribution < -0.4 is 0 Å². The largest absolute Gasteiger partial charge is 0.342 e. The number of amides is 1. The van der Waals surface area contributed by atoms with Gasteiger partial charge in [0.25, 0.3) is 0 Å². The molecule has 0 N–H and O–H groups in total. The molecule has 0 radical (unpaired) electrons. The van der Waals surface area contributed by atoms with Crippen molar-refractivity contribution in [2.45, 2.75) is 84.6 Å². The molecule has 1 aromatic carbocycles. The zero-order chi connectivity index (χ0) is 20.5. The van der Waals surface area contributed by atoms with Crippen LogP contribution in [0.5, 0.6) is 0 Å². The molecule has 156 valence electrons. The first-order valence-corrected chi connectivity index (χ1v) is 11.2. The Morgan fingerprint density at radius 1 is 0.821 bits per heavy atom. The summed E-state index contributed by atoms with van der Waals surface area (Å²) in [5.41, 5.74) is 2.90. The molecular weight excluding hydrogens is 344 g/mol. The van der Waals surface area contributed by atoms with Gasteiger partial charge in [0.2, 0.25) is 5.91 Å². The predicted octanol–water partition coefficient (Wildman–Crippen LogP) is 5.20. The van der Waals surface area contributed by atoms with Gasteiger partial charge in [0.05, 0.1) is 0 Å². The highest BCUT2D eigenvalue weighted by Gasteiger charge is 2.33. The molecule has 0 unspecified atom stereocenters. The molecular formula is C25H40N2O. The van der Waals surface area contributed by atoms with Crippen LogP contribution in [0.15, 0.2) is 24.3 Å². The summed E-state index contributed by atoms with van der Waals surface area (Å²) in [7, 11) is 0. The predicted molar refractivity (Wildman–Crippen MR) is 118 cm³/mol. The number of carbonyl (C=O) groups is 1. The highest BCUT2D eigenvalue weighted by atomic mass is 16.2. The molecule has 2 heterocycles. The monoisotopic (exact) mass is 384 g/mol. The van der Waals surface area contributed by atoms with Crippen molar-refractivity contribution in [3.8, 4) is 0 Å². The fraction of sp³-hybridized carbons (Fsp3) is 0.720. The number of hydrogen-bond donors (Lipinski definition) is 0. The maximum atomic E-state index is 12.5. The fourth-order valence-electron chi connectivity index (χ4n) is 4.76. The number of rotatable bonds is 2. The summed E-state index contributed by atoms with van der Waals surface area (Å²) in [5, 5.41) is 0. The van der Waals surface area contributed by atoms with E-state index in [1.165, 1.54) is 37.1 Å². The van der Waals surface area contributed by atoms with Gasteiger partial charge in [0, 0.05) is 24.5 Å². The normalized spacial score (nSPS) is 21.1. The van der Waals surface area contributed by atoms with Crippen molar-refractivity contribution in [1.29, 1.82) is 0 Å². The highest BCUT2D eigenvalue weighted by Crippen LogP contribution is 2.32. The van der Waals surface area contributed by atoms with Crippen LogP contribution in [-0.4, -0.2) is 47.9 Å². The van der Waals surface area contributed by atoms with Crippen LogP contribution in [0.4, 0.5) is 0 Å². The first-order chi connectivity index (χ1) is 13.1. The number of benzene rings is 1. The van der Waals surface area contributed by atoms with E-state index >= 15 is 0 Å². The SMILES string of the molecule is CC(C)(C)C(=O)N1CCC(N2CCC(c3ccc(C(C)(C)C)cc3)CC2)CC1. The Hall–Kier alpha value is -1.35. The van der Waals surface area contributed by atoms with Gasteiger partial charge < -0.3 is 9.80 Å². The van der Waals surface area contributed by atoms with Gasteiger partial charge in [-0.15, -0.1) is 0 Å². The summed E-state index contributed by atoms with van der Waals surface area (Å²) in [6.07, 6.45) is 4.78. The van der Waals surface area contributed by atoms with E-state index in [2.05, 4.69) is 54.8 Å². The Morgan fingerprint density at radius 3 is 1.82 bits per heavy atom. The molecule has 0 saturated carbocycles. The van der Waals surface area contributed by atoms with E-state index in [1.807, 2.05) is 20.8 Å². The van der Waals surface area contributed by atoms with Gasteiger partial charge in [-0.05, 0) is 61.2 Å². The number of carbonyl (C=O) groups excluding carboxylic acids is 1. The maximum Gasteiger partial charge on any atom is 0.227 e. The van der Waals surface area contributed by atoms with E-state index in [9.17, 15) is 4.79 Å². The fourth-order valence-corrected chi connectivity index (χ4v) is 4.76. The van der Waals surface area contributed by atoms with Crippen LogP contribution >= 0.6 is 0 Å². The summed E-state index contributed by atoms with van der Waals surface area (Å²) in [6, 6.07) is 10.0. The second-order valence-corrected chi connectivity index (χ2v) is 11.0. The molecule has 0 atom stereocenters. The molecule has 28 heavy (non-hydrogen) atoms. The summed E-state index contributed by atoms with van der Waals surface area (Å²) in [5.74, 6) is 1.01. The Balaban J connectivity index is 1.49. The number of hydrogen-bond acceptors (Lipinski definition) is 2. The van der Waals surface area contributed by atoms with Gasteiger partial charge in [-0.3, -0.25) is 4.79 Å². The second kappa shape index (κ2) is 8.18. The van der Waals surface area contributed by atoms with E-state index < -0.39 is 0 Å². The Bertz CT molecular complexity index is 649. The summed E-state index contributed by atoms with van der Waals surface area (Å²) in [4.78, 5) is 17.3. The van der Waals surface area contributed by atoms with Crippen molar-refractivity contribution in [3.63, 3.8) is 0 Å². The maximum absolute atomic E-state index is 12.5. The Morgan fingerprint density at radius 2 is 1.36 bits per heavy atom. The highest BCUT2D eigenvalue weighted by molar-refractivity contribution is 5.81. The lowest BCUT2D eigenvalue weighted by molar-refractivity contribution is -0.141. The van der Waals surface area contributed by atoms with E-state index in [-0.39, 0.29) is 10.8 Å². The van der Waals surface area contributed by atoms with E-state index in [0.717, 1.165) is 25.9 Å². The zero-order valence-corrected chi connectivity index (χ0v) is 18.9. The van der Waals surface area contributed by atoms with Crippen LogP contribution in [0.3, 0.4) is 0 Å². The third kappa shape index (κ3) is 4.97. The van der Waals surface area contributed by atoms with Crippen molar-refractivity contribution in [2.75, 3.05) is 26.2 Å². The molecule has 2 fully saturated rings. The average molecular weight is 385 g/mol. The summed E-state index contributed by atoms with van der Waals surface area (Å²) in [6.45, 7) is 17.2. The van der Waals surface area contributed by atoms with Gasteiger partial charge in [-0.2, -0.15) is 0 Å². The zero-order valence-electron chi connectivity index (χ0n) is 18.9. The minimum Gasteiger partial charge on any atom is -0.342 e. The molecule has 2 aliphatic heterocycles. The van der Waals surface area contributed by atoms with Crippen LogP contribution in [0.1, 0.15) is 84.3 Å².